The molecule has 1 aromatic rings. The first-order chi connectivity index (χ1) is 9.78. The van der Waals surface area contributed by atoms with E-state index in [9.17, 15) is 0 Å². The fourth-order valence-electron chi connectivity index (χ4n) is 3.83. The van der Waals surface area contributed by atoms with Crippen LogP contribution in [0.3, 0.4) is 0 Å². The van der Waals surface area contributed by atoms with Crippen LogP contribution >= 0.6 is 0 Å². The number of anilines is 1. The van der Waals surface area contributed by atoms with Gasteiger partial charge in [-0.05, 0) is 31.1 Å². The van der Waals surface area contributed by atoms with Gasteiger partial charge in [-0.25, -0.2) is 4.98 Å². The molecule has 110 valence electrons. The van der Waals surface area contributed by atoms with Crippen LogP contribution in [-0.4, -0.2) is 40.9 Å². The average molecular weight is 275 g/mol. The molecule has 3 atom stereocenters. The van der Waals surface area contributed by atoms with Crippen molar-refractivity contribution in [2.75, 3.05) is 24.5 Å². The summed E-state index contributed by atoms with van der Waals surface area (Å²) in [6, 6.07) is 0.564. The van der Waals surface area contributed by atoms with Crippen molar-refractivity contribution in [1.29, 1.82) is 0 Å². The Morgan fingerprint density at radius 3 is 2.60 bits per heavy atom. The first-order valence-corrected chi connectivity index (χ1v) is 7.98. The Morgan fingerprint density at radius 1 is 1.10 bits per heavy atom. The van der Waals surface area contributed by atoms with Crippen LogP contribution in [0.15, 0.2) is 0 Å². The van der Waals surface area contributed by atoms with E-state index in [4.69, 9.17) is 4.98 Å². The van der Waals surface area contributed by atoms with Crippen molar-refractivity contribution in [2.45, 2.75) is 46.1 Å². The molecule has 20 heavy (non-hydrogen) atoms. The summed E-state index contributed by atoms with van der Waals surface area (Å²) in [7, 11) is 0. The molecular weight excluding hydrogens is 250 g/mol. The van der Waals surface area contributed by atoms with Gasteiger partial charge in [0.05, 0.1) is 11.4 Å². The Labute approximate surface area is 121 Å². The Bertz CT molecular complexity index is 475. The molecule has 1 N–H and O–H groups in total. The van der Waals surface area contributed by atoms with Gasteiger partial charge in [0, 0.05) is 25.7 Å². The minimum Gasteiger partial charge on any atom is -0.336 e. The molecule has 0 bridgehead atoms. The zero-order valence-corrected chi connectivity index (χ0v) is 12.8. The lowest BCUT2D eigenvalue weighted by Gasteiger charge is -2.26. The number of rotatable bonds is 4. The smallest absolute Gasteiger partial charge is 0.245 e. The quantitative estimate of drug-likeness (QED) is 0.901. The van der Waals surface area contributed by atoms with Crippen molar-refractivity contribution >= 4 is 5.95 Å². The van der Waals surface area contributed by atoms with Gasteiger partial charge in [0.1, 0.15) is 0 Å². The topological polar surface area (TPSA) is 53.9 Å². The number of nitrogens with zero attached hydrogens (tertiary/aromatic N) is 4. The predicted octanol–water partition coefficient (Wildman–Crippen LogP) is 1.43. The Balaban J connectivity index is 1.88. The summed E-state index contributed by atoms with van der Waals surface area (Å²) in [6.45, 7) is 9.89. The largest absolute Gasteiger partial charge is 0.336 e. The molecule has 0 spiro atoms. The van der Waals surface area contributed by atoms with Crippen LogP contribution in [0.1, 0.15) is 38.6 Å². The van der Waals surface area contributed by atoms with Gasteiger partial charge < -0.3 is 10.2 Å². The molecule has 0 amide bonds. The number of fused-ring (bicyclic) bond motifs is 1. The zero-order valence-electron chi connectivity index (χ0n) is 12.8. The Morgan fingerprint density at radius 2 is 1.90 bits per heavy atom. The molecule has 0 aliphatic carbocycles. The fraction of sp³-hybridized carbons (Fsp3) is 0.800. The molecule has 3 unspecified atom stereocenters. The van der Waals surface area contributed by atoms with Crippen LogP contribution in [0.2, 0.25) is 0 Å². The van der Waals surface area contributed by atoms with E-state index in [0.29, 0.717) is 6.04 Å². The Hall–Kier alpha value is -1.23. The van der Waals surface area contributed by atoms with E-state index in [0.717, 1.165) is 68.1 Å². The number of nitrogens with one attached hydrogen (secondary N) is 1. The molecule has 2 aliphatic rings. The molecule has 0 saturated carbocycles. The van der Waals surface area contributed by atoms with Crippen molar-refractivity contribution < 1.29 is 0 Å². The summed E-state index contributed by atoms with van der Waals surface area (Å²) in [5.41, 5.74) is 2.16. The third kappa shape index (κ3) is 2.18. The van der Waals surface area contributed by atoms with Gasteiger partial charge in [-0.3, -0.25) is 0 Å². The third-order valence-corrected chi connectivity index (χ3v) is 4.89. The molecule has 2 saturated heterocycles. The highest BCUT2D eigenvalue weighted by Crippen LogP contribution is 2.36. The lowest BCUT2D eigenvalue weighted by atomic mass is 9.93. The van der Waals surface area contributed by atoms with Crippen LogP contribution < -0.4 is 10.2 Å². The van der Waals surface area contributed by atoms with Gasteiger partial charge in [0.2, 0.25) is 5.95 Å². The number of aromatic nitrogens is 3. The second-order valence-electron chi connectivity index (χ2n) is 5.92. The van der Waals surface area contributed by atoms with Crippen molar-refractivity contribution in [3.63, 3.8) is 0 Å². The lowest BCUT2D eigenvalue weighted by molar-refractivity contribution is 0.440. The van der Waals surface area contributed by atoms with Crippen LogP contribution in [0.4, 0.5) is 5.95 Å². The van der Waals surface area contributed by atoms with E-state index in [1.54, 1.807) is 0 Å². The molecule has 2 aliphatic heterocycles. The van der Waals surface area contributed by atoms with Gasteiger partial charge in [0.25, 0.3) is 0 Å². The summed E-state index contributed by atoms with van der Waals surface area (Å²) in [5, 5.41) is 12.3. The lowest BCUT2D eigenvalue weighted by Crippen LogP contribution is -2.36. The van der Waals surface area contributed by atoms with Gasteiger partial charge in [-0.15, -0.1) is 5.10 Å². The van der Waals surface area contributed by atoms with Gasteiger partial charge in [-0.1, -0.05) is 20.8 Å². The van der Waals surface area contributed by atoms with E-state index < -0.39 is 0 Å². The minimum absolute atomic E-state index is 0.564. The van der Waals surface area contributed by atoms with Gasteiger partial charge in [-0.2, -0.15) is 5.10 Å². The summed E-state index contributed by atoms with van der Waals surface area (Å²) in [5.74, 6) is 2.35. The van der Waals surface area contributed by atoms with Crippen LogP contribution in [0, 0.1) is 11.8 Å². The maximum atomic E-state index is 4.80. The number of hydrogen-bond acceptors (Lipinski definition) is 5. The second-order valence-corrected chi connectivity index (χ2v) is 5.92. The molecule has 5 heteroatoms. The van der Waals surface area contributed by atoms with Gasteiger partial charge in [0.15, 0.2) is 0 Å². The number of hydrogen-bond donors (Lipinski definition) is 1. The van der Waals surface area contributed by atoms with Crippen LogP contribution in [-0.2, 0) is 12.8 Å². The SMILES string of the molecule is CCc1nnc(N2CC3CNCC3C2CC)nc1CC. The highest BCUT2D eigenvalue weighted by Gasteiger charge is 2.44. The first-order valence-electron chi connectivity index (χ1n) is 7.98. The average Bonchev–Trinajstić information content (AvgIpc) is 3.06. The van der Waals surface area contributed by atoms with E-state index in [1.807, 2.05) is 0 Å². The molecular formula is C15H25N5. The van der Waals surface area contributed by atoms with Gasteiger partial charge >= 0.3 is 0 Å². The molecule has 0 radical (unpaired) electrons. The predicted molar refractivity (Wildman–Crippen MR) is 79.9 cm³/mol. The molecule has 0 aromatic carbocycles. The Kier molecular flexibility index (Phi) is 3.87. The molecule has 1 aromatic heterocycles. The van der Waals surface area contributed by atoms with E-state index in [2.05, 4.69) is 41.2 Å². The van der Waals surface area contributed by atoms with Crippen LogP contribution in [0.5, 0.6) is 0 Å². The van der Waals surface area contributed by atoms with E-state index in [1.165, 1.54) is 0 Å². The monoisotopic (exact) mass is 275 g/mol. The minimum atomic E-state index is 0.564. The summed E-state index contributed by atoms with van der Waals surface area (Å²) < 4.78 is 0. The molecule has 2 fully saturated rings. The summed E-state index contributed by atoms with van der Waals surface area (Å²) in [6.07, 6.45) is 3.00. The van der Waals surface area contributed by atoms with Crippen molar-refractivity contribution in [3.05, 3.63) is 11.4 Å². The zero-order chi connectivity index (χ0) is 14.1. The van der Waals surface area contributed by atoms with Crippen molar-refractivity contribution in [2.24, 2.45) is 11.8 Å². The third-order valence-electron chi connectivity index (χ3n) is 4.89. The van der Waals surface area contributed by atoms with E-state index in [-0.39, 0.29) is 0 Å². The second kappa shape index (κ2) is 5.64. The molecule has 5 nitrogen and oxygen atoms in total. The van der Waals surface area contributed by atoms with Crippen molar-refractivity contribution in [3.8, 4) is 0 Å². The molecule has 3 rings (SSSR count). The first kappa shape index (κ1) is 13.7. The van der Waals surface area contributed by atoms with Crippen LogP contribution in [0.25, 0.3) is 0 Å². The summed E-state index contributed by atoms with van der Waals surface area (Å²) >= 11 is 0. The maximum Gasteiger partial charge on any atom is 0.245 e. The normalized spacial score (nSPS) is 28.9. The highest BCUT2D eigenvalue weighted by atomic mass is 15.4. The highest BCUT2D eigenvalue weighted by molar-refractivity contribution is 5.36. The van der Waals surface area contributed by atoms with Crippen molar-refractivity contribution in [1.82, 2.24) is 20.5 Å². The fourth-order valence-corrected chi connectivity index (χ4v) is 3.83. The molecule has 3 heterocycles. The van der Waals surface area contributed by atoms with E-state index >= 15 is 0 Å². The summed E-state index contributed by atoms with van der Waals surface area (Å²) in [4.78, 5) is 7.21. The number of aryl methyl sites for hydroxylation is 2. The maximum absolute atomic E-state index is 4.80. The standard InChI is InChI=1S/C15H25N5/c1-4-12-13(5-2)18-19-15(17-12)20-9-10-7-16-8-11(10)14(20)6-3/h10-11,14,16H,4-9H2,1-3H3.